The number of aromatic hydroxyl groups is 1. The van der Waals surface area contributed by atoms with Crippen LogP contribution in [0.25, 0.3) is 0 Å². The Morgan fingerprint density at radius 1 is 0.872 bits per heavy atom. The number of hydrogen-bond donors (Lipinski definition) is 7. The summed E-state index contributed by atoms with van der Waals surface area (Å²) in [5, 5.41) is 71.9. The van der Waals surface area contributed by atoms with E-state index in [0.29, 0.717) is 0 Å². The molecule has 0 aromatic heterocycles. The minimum Gasteiger partial charge on any atom is -0.508 e. The number of phenolic OH excluding ortho intramolecular Hbond substituents is 1. The Kier molecular flexibility index (Phi) is 9.51. The standard InChI is InChI=1S/C30H38O17/c1-11-23(43-12(2)32)20(36)22(38)28(42-11)45-24-15-7-8-40-27(46-29-21(37)19(35)18(34)16(9-31)44-29)17(15)30(25(24)47-30)10-41-26(39)13-3-5-14(33)6-4-13/h3-8,11,15-25,27-29,31,33-38H,9-10H2,1-2H3/t11-,15+,16+,17+,18+,19-,20-,21+,22+,23-,24-,25-,27-,28-,29-,30+/m0/s1. The topological polar surface area (TPSA) is 253 Å². The fraction of sp³-hybridized carbons (Fsp3) is 0.667. The second kappa shape index (κ2) is 13.2. The van der Waals surface area contributed by atoms with Crippen LogP contribution in [0, 0.1) is 11.8 Å². The normalized spacial score (nSPS) is 45.3. The highest BCUT2D eigenvalue weighted by Crippen LogP contribution is 2.61. The smallest absolute Gasteiger partial charge is 0.338 e. The number of hydrogen-bond acceptors (Lipinski definition) is 17. The summed E-state index contributed by atoms with van der Waals surface area (Å²) in [5.74, 6) is -2.91. The molecule has 0 unspecified atom stereocenters. The number of benzene rings is 1. The number of aliphatic hydroxyl groups excluding tert-OH is 6. The van der Waals surface area contributed by atoms with E-state index in [1.807, 2.05) is 0 Å². The van der Waals surface area contributed by atoms with Crippen LogP contribution in [0.3, 0.4) is 0 Å². The lowest BCUT2D eigenvalue weighted by Gasteiger charge is -2.44. The Bertz CT molecular complexity index is 1320. The molecule has 7 N–H and O–H groups in total. The maximum atomic E-state index is 12.9. The first-order chi connectivity index (χ1) is 22.4. The van der Waals surface area contributed by atoms with Crippen LogP contribution < -0.4 is 0 Å². The van der Waals surface area contributed by atoms with Gasteiger partial charge in [0.05, 0.1) is 36.6 Å². The van der Waals surface area contributed by atoms with Gasteiger partial charge in [-0.1, -0.05) is 0 Å². The molecule has 17 heteroatoms. The average molecular weight is 671 g/mol. The number of fused-ring (bicyclic) bond motifs is 3. The molecule has 6 rings (SSSR count). The van der Waals surface area contributed by atoms with Crippen molar-refractivity contribution in [1.29, 1.82) is 0 Å². The van der Waals surface area contributed by atoms with Gasteiger partial charge >= 0.3 is 11.9 Å². The first kappa shape index (κ1) is 33.9. The van der Waals surface area contributed by atoms with Gasteiger partial charge in [-0.25, -0.2) is 4.79 Å². The average Bonchev–Trinajstić information content (AvgIpc) is 3.71. The number of esters is 2. The molecule has 0 bridgehead atoms. The van der Waals surface area contributed by atoms with E-state index in [0.717, 1.165) is 6.92 Å². The molecule has 0 spiro atoms. The third-order valence-corrected chi connectivity index (χ3v) is 9.25. The molecule has 0 radical (unpaired) electrons. The van der Waals surface area contributed by atoms with Gasteiger partial charge in [-0.05, 0) is 37.3 Å². The third kappa shape index (κ3) is 6.22. The number of ether oxygens (including phenoxy) is 8. The van der Waals surface area contributed by atoms with E-state index in [9.17, 15) is 45.3 Å². The Morgan fingerprint density at radius 3 is 2.23 bits per heavy atom. The van der Waals surface area contributed by atoms with Gasteiger partial charge in [-0.3, -0.25) is 4.79 Å². The summed E-state index contributed by atoms with van der Waals surface area (Å²) >= 11 is 0. The molecular formula is C30H38O17. The van der Waals surface area contributed by atoms with Crippen LogP contribution in [0.2, 0.25) is 0 Å². The zero-order valence-electron chi connectivity index (χ0n) is 25.3. The summed E-state index contributed by atoms with van der Waals surface area (Å²) in [5.41, 5.74) is -1.16. The van der Waals surface area contributed by atoms with Gasteiger partial charge < -0.3 is 73.6 Å². The highest BCUT2D eigenvalue weighted by atomic mass is 16.8. The van der Waals surface area contributed by atoms with Crippen molar-refractivity contribution in [1.82, 2.24) is 0 Å². The van der Waals surface area contributed by atoms with Gasteiger partial charge in [0, 0.05) is 12.8 Å². The number of aliphatic hydroxyl groups is 6. The van der Waals surface area contributed by atoms with Crippen LogP contribution in [-0.2, 0) is 42.7 Å². The van der Waals surface area contributed by atoms with E-state index >= 15 is 0 Å². The molecule has 1 aromatic rings. The summed E-state index contributed by atoms with van der Waals surface area (Å²) < 4.78 is 46.2. The number of rotatable bonds is 9. The quantitative estimate of drug-likeness (QED) is 0.105. The second-order valence-corrected chi connectivity index (χ2v) is 12.3. The molecule has 1 saturated carbocycles. The van der Waals surface area contributed by atoms with E-state index in [1.165, 1.54) is 37.5 Å². The van der Waals surface area contributed by atoms with E-state index in [-0.39, 0.29) is 17.9 Å². The van der Waals surface area contributed by atoms with Gasteiger partial charge in [0.1, 0.15) is 60.7 Å². The van der Waals surface area contributed by atoms with Gasteiger partial charge in [0.2, 0.25) is 6.29 Å². The Morgan fingerprint density at radius 2 is 1.55 bits per heavy atom. The Balaban J connectivity index is 1.24. The predicted molar refractivity (Wildman–Crippen MR) is 149 cm³/mol. The molecule has 4 aliphatic heterocycles. The molecule has 0 amide bonds. The maximum Gasteiger partial charge on any atom is 0.338 e. The SMILES string of the molecule is CC(=O)O[C@@H]1[C@@H](O)[C@@H](O)[C@H](O[C@H]2[C@@H]3C=CO[C@@H](O[C@@H]4O[C@H](CO)[C@@H](O)[C@H](O)[C@H]4O)[C@@H]3[C@@]3(COC(=O)c4ccc(O)cc4)O[C@@H]23)O[C@H]1C. The molecule has 260 valence electrons. The minimum absolute atomic E-state index is 0.0468. The zero-order chi connectivity index (χ0) is 33.8. The highest BCUT2D eigenvalue weighted by Gasteiger charge is 2.78. The van der Waals surface area contributed by atoms with Crippen LogP contribution in [-0.4, -0.2) is 146 Å². The third-order valence-electron chi connectivity index (χ3n) is 9.25. The predicted octanol–water partition coefficient (Wildman–Crippen LogP) is -2.60. The van der Waals surface area contributed by atoms with Gasteiger partial charge in [0.25, 0.3) is 0 Å². The summed E-state index contributed by atoms with van der Waals surface area (Å²) in [6, 6.07) is 5.39. The van der Waals surface area contributed by atoms with E-state index in [4.69, 9.17) is 37.9 Å². The number of carbonyl (C=O) groups excluding carboxylic acids is 2. The van der Waals surface area contributed by atoms with Gasteiger partial charge in [0.15, 0.2) is 18.7 Å². The molecule has 17 nitrogen and oxygen atoms in total. The second-order valence-electron chi connectivity index (χ2n) is 12.3. The van der Waals surface area contributed by atoms with Gasteiger partial charge in [-0.15, -0.1) is 0 Å². The molecule has 47 heavy (non-hydrogen) atoms. The lowest BCUT2D eigenvalue weighted by atomic mass is 9.85. The molecule has 3 saturated heterocycles. The maximum absolute atomic E-state index is 12.9. The molecule has 5 aliphatic rings. The fourth-order valence-corrected chi connectivity index (χ4v) is 6.78. The summed E-state index contributed by atoms with van der Waals surface area (Å²) in [4.78, 5) is 24.4. The molecule has 16 atom stereocenters. The Labute approximate surface area is 267 Å². The zero-order valence-corrected chi connectivity index (χ0v) is 25.3. The molecule has 4 fully saturated rings. The van der Waals surface area contributed by atoms with Crippen molar-refractivity contribution in [2.45, 2.75) is 99.4 Å². The van der Waals surface area contributed by atoms with Crippen LogP contribution in [0.15, 0.2) is 36.6 Å². The molecule has 4 heterocycles. The monoisotopic (exact) mass is 670 g/mol. The van der Waals surface area contributed by atoms with Crippen LogP contribution in [0.5, 0.6) is 5.75 Å². The largest absolute Gasteiger partial charge is 0.508 e. The Hall–Kier alpha value is -2.94. The van der Waals surface area contributed by atoms with Crippen molar-refractivity contribution in [2.75, 3.05) is 13.2 Å². The number of epoxide rings is 1. The van der Waals surface area contributed by atoms with Crippen LogP contribution >= 0.6 is 0 Å². The molecule has 1 aliphatic carbocycles. The van der Waals surface area contributed by atoms with Gasteiger partial charge in [-0.2, -0.15) is 0 Å². The van der Waals surface area contributed by atoms with Crippen LogP contribution in [0.4, 0.5) is 0 Å². The van der Waals surface area contributed by atoms with Crippen molar-refractivity contribution >= 4 is 11.9 Å². The van der Waals surface area contributed by atoms with Crippen molar-refractivity contribution in [3.05, 3.63) is 42.2 Å². The van der Waals surface area contributed by atoms with E-state index in [1.54, 1.807) is 6.08 Å². The van der Waals surface area contributed by atoms with Crippen molar-refractivity contribution in [2.24, 2.45) is 11.8 Å². The highest BCUT2D eigenvalue weighted by molar-refractivity contribution is 5.89. The van der Waals surface area contributed by atoms with Crippen molar-refractivity contribution < 1.29 is 83.2 Å². The first-order valence-electron chi connectivity index (χ1n) is 15.1. The summed E-state index contributed by atoms with van der Waals surface area (Å²) in [6.07, 6.45) is -14.6. The van der Waals surface area contributed by atoms with Crippen molar-refractivity contribution in [3.63, 3.8) is 0 Å². The number of carbonyl (C=O) groups is 2. The van der Waals surface area contributed by atoms with E-state index in [2.05, 4.69) is 0 Å². The lowest BCUT2D eigenvalue weighted by molar-refractivity contribution is -0.347. The fourth-order valence-electron chi connectivity index (χ4n) is 6.78. The minimum atomic E-state index is -1.74. The molecular weight excluding hydrogens is 632 g/mol. The van der Waals surface area contributed by atoms with Crippen LogP contribution in [0.1, 0.15) is 24.2 Å². The molecule has 1 aromatic carbocycles. The first-order valence-corrected chi connectivity index (χ1v) is 15.1. The lowest BCUT2D eigenvalue weighted by Crippen LogP contribution is -2.60. The van der Waals surface area contributed by atoms with Crippen molar-refractivity contribution in [3.8, 4) is 5.75 Å². The summed E-state index contributed by atoms with van der Waals surface area (Å²) in [7, 11) is 0. The van der Waals surface area contributed by atoms with E-state index < -0.39 is 116 Å². The number of phenols is 1. The summed E-state index contributed by atoms with van der Waals surface area (Å²) in [6.45, 7) is 1.67.